The van der Waals surface area contributed by atoms with Gasteiger partial charge < -0.3 is 14.4 Å². The van der Waals surface area contributed by atoms with E-state index in [1.807, 2.05) is 39.0 Å². The second-order valence-corrected chi connectivity index (χ2v) is 6.53. The molecular weight excluding hydrogens is 304 g/mol. The van der Waals surface area contributed by atoms with Crippen LogP contribution < -0.4 is 0 Å². The number of amides is 1. The molecule has 1 aliphatic heterocycles. The first-order valence-electron chi connectivity index (χ1n) is 8.23. The van der Waals surface area contributed by atoms with Crippen LogP contribution in [0.2, 0.25) is 0 Å². The van der Waals surface area contributed by atoms with Gasteiger partial charge in [-0.05, 0) is 27.9 Å². The second kappa shape index (κ2) is 6.68. The van der Waals surface area contributed by atoms with Gasteiger partial charge in [0.25, 0.3) is 5.91 Å². The molecule has 2 aromatic rings. The van der Waals surface area contributed by atoms with E-state index in [1.165, 1.54) is 12.0 Å². The van der Waals surface area contributed by atoms with Gasteiger partial charge in [0.1, 0.15) is 17.8 Å². The van der Waals surface area contributed by atoms with Crippen molar-refractivity contribution in [2.75, 3.05) is 27.2 Å². The molecule has 128 valence electrons. The third kappa shape index (κ3) is 3.17. The fraction of sp³-hybridized carbons (Fsp3) is 0.529. The first kappa shape index (κ1) is 16.6. The first-order chi connectivity index (χ1) is 11.5. The Labute approximate surface area is 142 Å². The number of rotatable bonds is 3. The smallest absolute Gasteiger partial charge is 0.272 e. The third-order valence-electron chi connectivity index (χ3n) is 4.52. The molecule has 0 spiro atoms. The van der Waals surface area contributed by atoms with Crippen molar-refractivity contribution in [3.63, 3.8) is 0 Å². The van der Waals surface area contributed by atoms with Gasteiger partial charge in [-0.2, -0.15) is 0 Å². The van der Waals surface area contributed by atoms with Gasteiger partial charge in [0.2, 0.25) is 0 Å². The maximum atomic E-state index is 12.9. The van der Waals surface area contributed by atoms with E-state index in [0.29, 0.717) is 18.8 Å². The molecule has 0 fully saturated rings. The van der Waals surface area contributed by atoms with E-state index >= 15 is 0 Å². The van der Waals surface area contributed by atoms with Crippen molar-refractivity contribution >= 4 is 5.91 Å². The van der Waals surface area contributed by atoms with E-state index in [-0.39, 0.29) is 5.91 Å². The summed E-state index contributed by atoms with van der Waals surface area (Å²) >= 11 is 0. The van der Waals surface area contributed by atoms with Crippen molar-refractivity contribution in [2.45, 2.75) is 33.4 Å². The molecule has 2 aromatic heterocycles. The van der Waals surface area contributed by atoms with Gasteiger partial charge >= 0.3 is 0 Å². The average Bonchev–Trinajstić information content (AvgIpc) is 2.78. The molecule has 1 aliphatic rings. The fourth-order valence-electron chi connectivity index (χ4n) is 3.05. The van der Waals surface area contributed by atoms with Crippen LogP contribution in [0.4, 0.5) is 0 Å². The first-order valence-corrected chi connectivity index (χ1v) is 8.23. The summed E-state index contributed by atoms with van der Waals surface area (Å²) in [6.45, 7) is 6.77. The monoisotopic (exact) mass is 328 g/mol. The van der Waals surface area contributed by atoms with E-state index in [0.717, 1.165) is 36.6 Å². The molecule has 0 N–H and O–H groups in total. The third-order valence-corrected chi connectivity index (χ3v) is 4.52. The van der Waals surface area contributed by atoms with E-state index < -0.39 is 0 Å². The molecule has 3 heterocycles. The molecule has 7 nitrogen and oxygen atoms in total. The van der Waals surface area contributed by atoms with Gasteiger partial charge in [0.15, 0.2) is 0 Å². The molecule has 1 amide bonds. The van der Waals surface area contributed by atoms with Crippen LogP contribution in [0.3, 0.4) is 0 Å². The van der Waals surface area contributed by atoms with E-state index in [2.05, 4.69) is 24.4 Å². The van der Waals surface area contributed by atoms with Crippen LogP contribution in [0, 0.1) is 13.8 Å². The Bertz CT molecular complexity index is 752. The number of hydrogen-bond donors (Lipinski definition) is 0. The summed E-state index contributed by atoms with van der Waals surface area (Å²) in [5, 5.41) is 0. The standard InChI is InChI=1S/C17H24N6O/c1-12-13(2)19-11-20-16(12)17(24)22-6-5-15-18-9-14(10-21(3)4)23(15)8-7-22/h9,11H,5-8,10H2,1-4H3. The minimum absolute atomic E-state index is 0.0158. The number of imidazole rings is 1. The quantitative estimate of drug-likeness (QED) is 0.842. The van der Waals surface area contributed by atoms with Gasteiger partial charge in [-0.25, -0.2) is 15.0 Å². The summed E-state index contributed by atoms with van der Waals surface area (Å²) < 4.78 is 2.24. The SMILES string of the molecule is Cc1ncnc(C(=O)N2CCc3ncc(CN(C)C)n3CC2)c1C. The number of carbonyl (C=O) groups is 1. The van der Waals surface area contributed by atoms with Crippen LogP contribution in [-0.2, 0) is 19.5 Å². The highest BCUT2D eigenvalue weighted by Crippen LogP contribution is 2.16. The van der Waals surface area contributed by atoms with Crippen LogP contribution >= 0.6 is 0 Å². The molecule has 0 saturated carbocycles. The number of nitrogens with zero attached hydrogens (tertiary/aromatic N) is 6. The summed E-state index contributed by atoms with van der Waals surface area (Å²) in [6, 6.07) is 0. The molecule has 0 radical (unpaired) electrons. The molecule has 7 heteroatoms. The maximum Gasteiger partial charge on any atom is 0.272 e. The highest BCUT2D eigenvalue weighted by atomic mass is 16.2. The van der Waals surface area contributed by atoms with E-state index in [1.54, 1.807) is 0 Å². The molecule has 0 bridgehead atoms. The minimum atomic E-state index is -0.0158. The van der Waals surface area contributed by atoms with Gasteiger partial charge in [0, 0.05) is 50.1 Å². The lowest BCUT2D eigenvalue weighted by molar-refractivity contribution is 0.0751. The maximum absolute atomic E-state index is 12.9. The summed E-state index contributed by atoms with van der Waals surface area (Å²) in [5.74, 6) is 1.04. The van der Waals surface area contributed by atoms with Crippen LogP contribution in [0.15, 0.2) is 12.5 Å². The molecule has 0 saturated heterocycles. The summed E-state index contributed by atoms with van der Waals surface area (Å²) in [7, 11) is 4.10. The number of fused-ring (bicyclic) bond motifs is 1. The van der Waals surface area contributed by atoms with E-state index in [4.69, 9.17) is 0 Å². The topological polar surface area (TPSA) is 67.2 Å². The van der Waals surface area contributed by atoms with Gasteiger partial charge in [-0.1, -0.05) is 0 Å². The number of aromatic nitrogens is 4. The second-order valence-electron chi connectivity index (χ2n) is 6.53. The Morgan fingerprint density at radius 2 is 1.96 bits per heavy atom. The van der Waals surface area contributed by atoms with Gasteiger partial charge in [-0.3, -0.25) is 4.79 Å². The zero-order chi connectivity index (χ0) is 17.3. The lowest BCUT2D eigenvalue weighted by atomic mass is 10.1. The Kier molecular flexibility index (Phi) is 4.62. The largest absolute Gasteiger partial charge is 0.335 e. The zero-order valence-electron chi connectivity index (χ0n) is 14.8. The molecule has 24 heavy (non-hydrogen) atoms. The fourth-order valence-corrected chi connectivity index (χ4v) is 3.05. The summed E-state index contributed by atoms with van der Waals surface area (Å²) in [5.41, 5.74) is 3.41. The minimum Gasteiger partial charge on any atom is -0.335 e. The van der Waals surface area contributed by atoms with Crippen LogP contribution in [0.25, 0.3) is 0 Å². The Hall–Kier alpha value is -2.28. The Morgan fingerprint density at radius 3 is 2.71 bits per heavy atom. The number of hydrogen-bond acceptors (Lipinski definition) is 5. The molecule has 0 aliphatic carbocycles. The predicted molar refractivity (Wildman–Crippen MR) is 90.7 cm³/mol. The van der Waals surface area contributed by atoms with Crippen LogP contribution in [0.1, 0.15) is 33.3 Å². The molecule has 0 atom stereocenters. The number of aryl methyl sites for hydroxylation is 1. The van der Waals surface area contributed by atoms with Crippen molar-refractivity contribution in [2.24, 2.45) is 0 Å². The summed E-state index contributed by atoms with van der Waals surface area (Å²) in [6.07, 6.45) is 4.18. The molecule has 3 rings (SSSR count). The predicted octanol–water partition coefficient (Wildman–Crippen LogP) is 1.05. The molecule has 0 aromatic carbocycles. The summed E-state index contributed by atoms with van der Waals surface area (Å²) in [4.78, 5) is 29.8. The molecular formula is C17H24N6O. The van der Waals surface area contributed by atoms with Gasteiger partial charge in [-0.15, -0.1) is 0 Å². The molecule has 0 unspecified atom stereocenters. The number of carbonyl (C=O) groups excluding carboxylic acids is 1. The highest BCUT2D eigenvalue weighted by molar-refractivity contribution is 5.93. The normalized spacial score (nSPS) is 14.6. The average molecular weight is 328 g/mol. The lowest BCUT2D eigenvalue weighted by Crippen LogP contribution is -2.35. The lowest BCUT2D eigenvalue weighted by Gasteiger charge is -2.21. The van der Waals surface area contributed by atoms with E-state index in [9.17, 15) is 4.79 Å². The van der Waals surface area contributed by atoms with Gasteiger partial charge in [0.05, 0.1) is 5.69 Å². The zero-order valence-corrected chi connectivity index (χ0v) is 14.8. The van der Waals surface area contributed by atoms with Crippen molar-refractivity contribution in [1.82, 2.24) is 29.3 Å². The van der Waals surface area contributed by atoms with Crippen molar-refractivity contribution in [3.8, 4) is 0 Å². The van der Waals surface area contributed by atoms with Crippen molar-refractivity contribution < 1.29 is 4.79 Å². The van der Waals surface area contributed by atoms with Crippen LogP contribution in [-0.4, -0.2) is 62.4 Å². The van der Waals surface area contributed by atoms with Crippen molar-refractivity contribution in [1.29, 1.82) is 0 Å². The highest BCUT2D eigenvalue weighted by Gasteiger charge is 2.24. The Morgan fingerprint density at radius 1 is 1.17 bits per heavy atom. The van der Waals surface area contributed by atoms with Crippen molar-refractivity contribution in [3.05, 3.63) is 41.0 Å². The Balaban J connectivity index is 1.78. The van der Waals surface area contributed by atoms with Crippen LogP contribution in [0.5, 0.6) is 0 Å².